The van der Waals surface area contributed by atoms with Crippen molar-refractivity contribution in [3.8, 4) is 5.75 Å². The van der Waals surface area contributed by atoms with E-state index in [-0.39, 0.29) is 24.0 Å². The Morgan fingerprint density at radius 3 is 2.81 bits per heavy atom. The third kappa shape index (κ3) is 7.51. The molecule has 0 radical (unpaired) electrons. The van der Waals surface area contributed by atoms with Crippen molar-refractivity contribution in [2.24, 2.45) is 4.99 Å². The molecule has 6 heteroatoms. The second kappa shape index (κ2) is 12.4. The topological polar surface area (TPSA) is 58.8 Å². The average molecular weight is 469 g/mol. The lowest BCUT2D eigenvalue weighted by molar-refractivity contribution is 0.409. The number of rotatable bonds is 9. The number of ether oxygens (including phenoxy) is 1. The summed E-state index contributed by atoms with van der Waals surface area (Å²) < 4.78 is 10.8. The van der Waals surface area contributed by atoms with E-state index in [9.17, 15) is 0 Å². The number of hydrogen-bond acceptors (Lipinski definition) is 3. The van der Waals surface area contributed by atoms with Gasteiger partial charge < -0.3 is 19.8 Å². The molecule has 1 aromatic heterocycles. The van der Waals surface area contributed by atoms with Crippen LogP contribution in [0.4, 0.5) is 0 Å². The van der Waals surface area contributed by atoms with Crippen molar-refractivity contribution in [1.82, 2.24) is 10.6 Å². The molecule has 0 aliphatic carbocycles. The number of aliphatic imine (C=N–C) groups is 1. The molecule has 0 saturated heterocycles. The van der Waals surface area contributed by atoms with Crippen molar-refractivity contribution in [3.05, 3.63) is 66.1 Å². The Bertz CT molecular complexity index is 684. The Kier molecular flexibility index (Phi) is 10.5. The fourth-order valence-corrected chi connectivity index (χ4v) is 2.49. The van der Waals surface area contributed by atoms with Crippen molar-refractivity contribution in [3.63, 3.8) is 0 Å². The van der Waals surface area contributed by atoms with Crippen LogP contribution < -0.4 is 15.4 Å². The van der Waals surface area contributed by atoms with Gasteiger partial charge in [-0.25, -0.2) is 0 Å². The molecule has 0 unspecified atom stereocenters. The standard InChI is InChI=1S/C20H27N3O2.HI/c1-4-11-21-20(23-13-10-18-6-5-14-25-18)22-12-9-17-15-16(2)7-8-19(17)24-3;/h4-8,14-15H,1,9-13H2,2-3H3,(H2,21,22,23);1H. The Hall–Kier alpha value is -1.96. The van der Waals surface area contributed by atoms with E-state index in [4.69, 9.17) is 9.15 Å². The number of nitrogens with zero attached hydrogens (tertiary/aromatic N) is 1. The lowest BCUT2D eigenvalue weighted by Crippen LogP contribution is -2.38. The first-order valence-corrected chi connectivity index (χ1v) is 8.52. The molecule has 142 valence electrons. The highest BCUT2D eigenvalue weighted by molar-refractivity contribution is 14.0. The molecule has 5 nitrogen and oxygen atoms in total. The summed E-state index contributed by atoms with van der Waals surface area (Å²) in [7, 11) is 1.70. The summed E-state index contributed by atoms with van der Waals surface area (Å²) >= 11 is 0. The Labute approximate surface area is 172 Å². The van der Waals surface area contributed by atoms with Gasteiger partial charge in [0, 0.05) is 26.1 Å². The number of halogens is 1. The van der Waals surface area contributed by atoms with Crippen molar-refractivity contribution in [2.75, 3.05) is 26.7 Å². The van der Waals surface area contributed by atoms with Gasteiger partial charge in [0.1, 0.15) is 11.5 Å². The minimum absolute atomic E-state index is 0. The number of aryl methyl sites for hydroxylation is 1. The first-order valence-electron chi connectivity index (χ1n) is 8.52. The predicted octanol–water partition coefficient (Wildman–Crippen LogP) is 3.72. The molecule has 0 aliphatic heterocycles. The van der Waals surface area contributed by atoms with Crippen LogP contribution in [0.5, 0.6) is 5.75 Å². The van der Waals surface area contributed by atoms with Crippen LogP contribution in [-0.2, 0) is 12.8 Å². The van der Waals surface area contributed by atoms with Crippen molar-refractivity contribution < 1.29 is 9.15 Å². The number of benzene rings is 1. The molecule has 2 rings (SSSR count). The summed E-state index contributed by atoms with van der Waals surface area (Å²) in [6.07, 6.45) is 5.13. The minimum Gasteiger partial charge on any atom is -0.496 e. The summed E-state index contributed by atoms with van der Waals surface area (Å²) in [5.74, 6) is 2.64. The van der Waals surface area contributed by atoms with E-state index in [1.54, 1.807) is 13.4 Å². The molecule has 26 heavy (non-hydrogen) atoms. The molecule has 2 aromatic rings. The molecule has 2 N–H and O–H groups in total. The molecule has 0 spiro atoms. The van der Waals surface area contributed by atoms with Crippen LogP contribution in [0, 0.1) is 6.92 Å². The molecule has 0 atom stereocenters. The maximum absolute atomic E-state index is 5.43. The zero-order valence-corrected chi connectivity index (χ0v) is 17.8. The maximum atomic E-state index is 5.43. The zero-order valence-electron chi connectivity index (χ0n) is 15.5. The molecular formula is C20H28IN3O2. The first kappa shape index (κ1) is 22.1. The van der Waals surface area contributed by atoms with E-state index >= 15 is 0 Å². The Morgan fingerprint density at radius 2 is 2.12 bits per heavy atom. The van der Waals surface area contributed by atoms with Gasteiger partial charge in [0.05, 0.1) is 13.4 Å². The van der Waals surface area contributed by atoms with E-state index in [1.807, 2.05) is 24.3 Å². The van der Waals surface area contributed by atoms with E-state index in [2.05, 4.69) is 41.3 Å². The minimum atomic E-state index is 0. The van der Waals surface area contributed by atoms with Crippen LogP contribution in [0.1, 0.15) is 16.9 Å². The SMILES string of the molecule is C=CCNC(=NCCc1ccco1)NCCc1cc(C)ccc1OC.I. The zero-order chi connectivity index (χ0) is 17.9. The Balaban J connectivity index is 0.00000338. The molecule has 1 heterocycles. The van der Waals surface area contributed by atoms with Gasteiger partial charge in [-0.05, 0) is 37.1 Å². The summed E-state index contributed by atoms with van der Waals surface area (Å²) in [4.78, 5) is 4.58. The molecule has 0 bridgehead atoms. The molecule has 0 amide bonds. The quantitative estimate of drug-likeness (QED) is 0.255. The van der Waals surface area contributed by atoms with Gasteiger partial charge in [-0.3, -0.25) is 4.99 Å². The highest BCUT2D eigenvalue weighted by Gasteiger charge is 2.04. The lowest BCUT2D eigenvalue weighted by Gasteiger charge is -2.13. The van der Waals surface area contributed by atoms with Crippen LogP contribution in [0.2, 0.25) is 0 Å². The number of furan rings is 1. The monoisotopic (exact) mass is 469 g/mol. The highest BCUT2D eigenvalue weighted by atomic mass is 127. The van der Waals surface area contributed by atoms with Crippen LogP contribution in [0.3, 0.4) is 0 Å². The van der Waals surface area contributed by atoms with Crippen LogP contribution in [0.25, 0.3) is 0 Å². The van der Waals surface area contributed by atoms with Gasteiger partial charge in [-0.2, -0.15) is 0 Å². The summed E-state index contributed by atoms with van der Waals surface area (Å²) in [5.41, 5.74) is 2.42. The third-order valence-electron chi connectivity index (χ3n) is 3.74. The fourth-order valence-electron chi connectivity index (χ4n) is 2.49. The van der Waals surface area contributed by atoms with Gasteiger partial charge in [0.2, 0.25) is 0 Å². The first-order chi connectivity index (χ1) is 12.2. The van der Waals surface area contributed by atoms with E-state index in [1.165, 1.54) is 11.1 Å². The lowest BCUT2D eigenvalue weighted by atomic mass is 10.1. The van der Waals surface area contributed by atoms with Gasteiger partial charge in [-0.15, -0.1) is 30.6 Å². The van der Waals surface area contributed by atoms with E-state index in [0.29, 0.717) is 13.1 Å². The Morgan fingerprint density at radius 1 is 1.27 bits per heavy atom. The smallest absolute Gasteiger partial charge is 0.191 e. The number of guanidine groups is 1. The molecule has 0 saturated carbocycles. The summed E-state index contributed by atoms with van der Waals surface area (Å²) in [6.45, 7) is 7.92. The largest absolute Gasteiger partial charge is 0.496 e. The molecule has 0 aliphatic rings. The molecule has 1 aromatic carbocycles. The summed E-state index contributed by atoms with van der Waals surface area (Å²) in [6, 6.07) is 10.1. The maximum Gasteiger partial charge on any atom is 0.191 e. The predicted molar refractivity (Wildman–Crippen MR) is 118 cm³/mol. The highest BCUT2D eigenvalue weighted by Crippen LogP contribution is 2.19. The molecular weight excluding hydrogens is 441 g/mol. The normalized spacial score (nSPS) is 10.8. The van der Waals surface area contributed by atoms with Crippen LogP contribution >= 0.6 is 24.0 Å². The van der Waals surface area contributed by atoms with E-state index in [0.717, 1.165) is 36.9 Å². The number of nitrogens with one attached hydrogen (secondary N) is 2. The van der Waals surface area contributed by atoms with Crippen molar-refractivity contribution in [1.29, 1.82) is 0 Å². The van der Waals surface area contributed by atoms with Gasteiger partial charge in [0.15, 0.2) is 5.96 Å². The van der Waals surface area contributed by atoms with Crippen molar-refractivity contribution >= 4 is 29.9 Å². The van der Waals surface area contributed by atoms with Crippen LogP contribution in [-0.4, -0.2) is 32.7 Å². The second-order valence-corrected chi connectivity index (χ2v) is 5.72. The number of hydrogen-bond donors (Lipinski definition) is 2. The van der Waals surface area contributed by atoms with E-state index < -0.39 is 0 Å². The number of methoxy groups -OCH3 is 1. The van der Waals surface area contributed by atoms with Gasteiger partial charge >= 0.3 is 0 Å². The molecule has 0 fully saturated rings. The van der Waals surface area contributed by atoms with Gasteiger partial charge in [0.25, 0.3) is 0 Å². The third-order valence-corrected chi connectivity index (χ3v) is 3.74. The summed E-state index contributed by atoms with van der Waals surface area (Å²) in [5, 5.41) is 6.59. The van der Waals surface area contributed by atoms with Crippen LogP contribution in [0.15, 0.2) is 58.7 Å². The second-order valence-electron chi connectivity index (χ2n) is 5.72. The van der Waals surface area contributed by atoms with Crippen molar-refractivity contribution in [2.45, 2.75) is 19.8 Å². The van der Waals surface area contributed by atoms with Gasteiger partial charge in [-0.1, -0.05) is 23.8 Å². The average Bonchev–Trinajstić information content (AvgIpc) is 3.13. The fraction of sp³-hybridized carbons (Fsp3) is 0.350.